The van der Waals surface area contributed by atoms with Crippen LogP contribution in [0.4, 0.5) is 0 Å². The summed E-state index contributed by atoms with van der Waals surface area (Å²) in [5.74, 6) is 0.794. The van der Waals surface area contributed by atoms with E-state index in [0.717, 1.165) is 28.8 Å². The maximum absolute atomic E-state index is 11.4. The number of methoxy groups -OCH3 is 1. The fourth-order valence-electron chi connectivity index (χ4n) is 1.71. The van der Waals surface area contributed by atoms with Crippen LogP contribution in [-0.2, 0) is 11.3 Å². The molecule has 3 nitrogen and oxygen atoms in total. The van der Waals surface area contributed by atoms with Gasteiger partial charge in [-0.15, -0.1) is 0 Å². The summed E-state index contributed by atoms with van der Waals surface area (Å²) < 4.78 is 5.63. The molecule has 1 N–H and O–H groups in total. The van der Waals surface area contributed by atoms with E-state index in [1.54, 1.807) is 12.1 Å². The van der Waals surface area contributed by atoms with Gasteiger partial charge in [-0.2, -0.15) is 11.8 Å². The number of ether oxygens (including phenoxy) is 1. The molecule has 0 aliphatic rings. The Bertz CT molecular complexity index is 426. The monoisotopic (exact) mass is 345 g/mol. The molecule has 1 aromatic rings. The van der Waals surface area contributed by atoms with Gasteiger partial charge in [-0.1, -0.05) is 28.9 Å². The molecule has 0 saturated heterocycles. The highest BCUT2D eigenvalue weighted by Gasteiger charge is 2.10. The van der Waals surface area contributed by atoms with E-state index in [-0.39, 0.29) is 5.97 Å². The minimum absolute atomic E-state index is 0.311. The van der Waals surface area contributed by atoms with Crippen molar-refractivity contribution >= 4 is 33.7 Å². The van der Waals surface area contributed by atoms with Crippen molar-refractivity contribution < 1.29 is 9.53 Å². The molecular formula is C14H20BrNO2S. The van der Waals surface area contributed by atoms with E-state index in [1.165, 1.54) is 7.11 Å². The van der Waals surface area contributed by atoms with Gasteiger partial charge in [0, 0.05) is 22.8 Å². The number of hydrogen-bond donors (Lipinski definition) is 1. The highest BCUT2D eigenvalue weighted by Crippen LogP contribution is 2.19. The number of carbonyl (C=O) groups is 1. The Morgan fingerprint density at radius 1 is 1.53 bits per heavy atom. The van der Waals surface area contributed by atoms with Crippen LogP contribution in [0.3, 0.4) is 0 Å². The standard InChI is InChI=1S/C14H20BrNO2S/c1-4-12(9-19-3)16-8-11-6-5-10(7-13(11)15)14(17)18-2/h5-7,12,16H,4,8-9H2,1-3H3. The molecule has 0 radical (unpaired) electrons. The molecule has 0 heterocycles. The quantitative estimate of drug-likeness (QED) is 0.768. The van der Waals surface area contributed by atoms with Gasteiger partial charge >= 0.3 is 5.97 Å². The second-order valence-corrected chi connectivity index (χ2v) is 6.00. The Morgan fingerprint density at radius 2 is 2.26 bits per heavy atom. The van der Waals surface area contributed by atoms with Crippen molar-refractivity contribution in [1.29, 1.82) is 0 Å². The number of hydrogen-bond acceptors (Lipinski definition) is 4. The first-order valence-corrected chi connectivity index (χ1v) is 8.40. The fraction of sp³-hybridized carbons (Fsp3) is 0.500. The first kappa shape index (κ1) is 16.5. The van der Waals surface area contributed by atoms with Gasteiger partial charge < -0.3 is 10.1 Å². The number of thioether (sulfide) groups is 1. The molecule has 1 rings (SSSR count). The Kier molecular flexibility index (Phi) is 7.49. The maximum Gasteiger partial charge on any atom is 0.337 e. The predicted octanol–water partition coefficient (Wildman–Crippen LogP) is 3.47. The summed E-state index contributed by atoms with van der Waals surface area (Å²) in [7, 11) is 1.39. The van der Waals surface area contributed by atoms with Crippen LogP contribution >= 0.6 is 27.7 Å². The number of nitrogens with one attached hydrogen (secondary N) is 1. The van der Waals surface area contributed by atoms with Gasteiger partial charge in [-0.3, -0.25) is 0 Å². The number of benzene rings is 1. The average molecular weight is 346 g/mol. The average Bonchev–Trinajstić information content (AvgIpc) is 2.43. The van der Waals surface area contributed by atoms with Gasteiger partial charge in [-0.05, 0) is 30.4 Å². The molecule has 1 unspecified atom stereocenters. The molecule has 1 aromatic carbocycles. The van der Waals surface area contributed by atoms with E-state index in [0.29, 0.717) is 11.6 Å². The largest absolute Gasteiger partial charge is 0.465 e. The predicted molar refractivity (Wildman–Crippen MR) is 84.8 cm³/mol. The molecule has 106 valence electrons. The van der Waals surface area contributed by atoms with Crippen molar-refractivity contribution in [3.8, 4) is 0 Å². The van der Waals surface area contributed by atoms with Crippen molar-refractivity contribution in [2.75, 3.05) is 19.1 Å². The molecular weight excluding hydrogens is 326 g/mol. The van der Waals surface area contributed by atoms with Crippen LogP contribution in [-0.4, -0.2) is 31.1 Å². The topological polar surface area (TPSA) is 38.3 Å². The summed E-state index contributed by atoms with van der Waals surface area (Å²) >= 11 is 5.35. The van der Waals surface area contributed by atoms with Gasteiger partial charge in [-0.25, -0.2) is 4.79 Å². The molecule has 0 aliphatic heterocycles. The summed E-state index contributed by atoms with van der Waals surface area (Å²) in [5, 5.41) is 3.52. The van der Waals surface area contributed by atoms with E-state index >= 15 is 0 Å². The van der Waals surface area contributed by atoms with Crippen LogP contribution in [0.5, 0.6) is 0 Å². The van der Waals surface area contributed by atoms with Gasteiger partial charge in [0.25, 0.3) is 0 Å². The molecule has 19 heavy (non-hydrogen) atoms. The summed E-state index contributed by atoms with van der Waals surface area (Å²) in [4.78, 5) is 11.4. The molecule has 0 amide bonds. The van der Waals surface area contributed by atoms with Crippen LogP contribution in [0.25, 0.3) is 0 Å². The Hall–Kier alpha value is -0.520. The second-order valence-electron chi connectivity index (χ2n) is 4.24. The molecule has 0 fully saturated rings. The molecule has 1 atom stereocenters. The first-order chi connectivity index (χ1) is 9.12. The van der Waals surface area contributed by atoms with Crippen LogP contribution in [0.1, 0.15) is 29.3 Å². The third kappa shape index (κ3) is 5.16. The normalized spacial score (nSPS) is 12.2. The third-order valence-electron chi connectivity index (χ3n) is 2.92. The molecule has 5 heteroatoms. The first-order valence-electron chi connectivity index (χ1n) is 6.21. The highest BCUT2D eigenvalue weighted by molar-refractivity contribution is 9.10. The Morgan fingerprint density at radius 3 is 2.79 bits per heavy atom. The highest BCUT2D eigenvalue weighted by atomic mass is 79.9. The summed E-state index contributed by atoms with van der Waals surface area (Å²) in [5.41, 5.74) is 1.71. The van der Waals surface area contributed by atoms with E-state index in [4.69, 9.17) is 4.74 Å². The van der Waals surface area contributed by atoms with E-state index < -0.39 is 0 Å². The van der Waals surface area contributed by atoms with E-state index in [9.17, 15) is 4.79 Å². The molecule has 0 aliphatic carbocycles. The summed E-state index contributed by atoms with van der Waals surface area (Å²) in [6.07, 6.45) is 3.23. The van der Waals surface area contributed by atoms with Gasteiger partial charge in [0.05, 0.1) is 12.7 Å². The van der Waals surface area contributed by atoms with Crippen LogP contribution in [0.2, 0.25) is 0 Å². The lowest BCUT2D eigenvalue weighted by atomic mass is 10.1. The van der Waals surface area contributed by atoms with Crippen LogP contribution < -0.4 is 5.32 Å². The fourth-order valence-corrected chi connectivity index (χ4v) is 2.99. The molecule has 0 aromatic heterocycles. The Labute approximate surface area is 127 Å². The van der Waals surface area contributed by atoms with E-state index in [2.05, 4.69) is 34.4 Å². The smallest absolute Gasteiger partial charge is 0.337 e. The lowest BCUT2D eigenvalue weighted by Gasteiger charge is -2.16. The lowest BCUT2D eigenvalue weighted by Crippen LogP contribution is -2.30. The SMILES string of the molecule is CCC(CSC)NCc1ccc(C(=O)OC)cc1Br. The zero-order valence-electron chi connectivity index (χ0n) is 11.5. The zero-order chi connectivity index (χ0) is 14.3. The molecule has 0 saturated carbocycles. The summed E-state index contributed by atoms with van der Waals surface area (Å²) in [6, 6.07) is 6.07. The van der Waals surface area contributed by atoms with Crippen molar-refractivity contribution in [3.05, 3.63) is 33.8 Å². The lowest BCUT2D eigenvalue weighted by molar-refractivity contribution is 0.0600. The van der Waals surface area contributed by atoms with Crippen molar-refractivity contribution in [1.82, 2.24) is 5.32 Å². The second kappa shape index (κ2) is 8.61. The molecule has 0 spiro atoms. The van der Waals surface area contributed by atoms with Crippen LogP contribution in [0, 0.1) is 0 Å². The van der Waals surface area contributed by atoms with Gasteiger partial charge in [0.15, 0.2) is 0 Å². The van der Waals surface area contributed by atoms with Crippen LogP contribution in [0.15, 0.2) is 22.7 Å². The van der Waals surface area contributed by atoms with E-state index in [1.807, 2.05) is 17.8 Å². The minimum Gasteiger partial charge on any atom is -0.465 e. The van der Waals surface area contributed by atoms with Gasteiger partial charge in [0.2, 0.25) is 0 Å². The number of halogens is 1. The molecule has 0 bridgehead atoms. The maximum atomic E-state index is 11.4. The number of rotatable bonds is 7. The minimum atomic E-state index is -0.311. The summed E-state index contributed by atoms with van der Waals surface area (Å²) in [6.45, 7) is 2.98. The third-order valence-corrected chi connectivity index (χ3v) is 4.39. The Balaban J connectivity index is 2.67. The van der Waals surface area contributed by atoms with Crippen molar-refractivity contribution in [2.45, 2.75) is 25.9 Å². The number of esters is 1. The van der Waals surface area contributed by atoms with Gasteiger partial charge in [0.1, 0.15) is 0 Å². The zero-order valence-corrected chi connectivity index (χ0v) is 13.9. The van der Waals surface area contributed by atoms with Crippen molar-refractivity contribution in [3.63, 3.8) is 0 Å². The van der Waals surface area contributed by atoms with Crippen molar-refractivity contribution in [2.24, 2.45) is 0 Å². The number of carbonyl (C=O) groups excluding carboxylic acids is 1.